The molecule has 0 radical (unpaired) electrons. The molecule has 5 nitrogen and oxygen atoms in total. The molecule has 1 aromatic rings. The molecule has 0 bridgehead atoms. The van der Waals surface area contributed by atoms with Crippen LogP contribution >= 0.6 is 0 Å². The minimum absolute atomic E-state index is 0.0394. The molecule has 1 aromatic carbocycles. The van der Waals surface area contributed by atoms with Gasteiger partial charge in [0.2, 0.25) is 10.0 Å². The van der Waals surface area contributed by atoms with Crippen LogP contribution in [0.2, 0.25) is 0 Å². The molecule has 1 aliphatic heterocycles. The molecule has 3 N–H and O–H groups in total. The summed E-state index contributed by atoms with van der Waals surface area (Å²) in [5, 5.41) is 9.36. The van der Waals surface area contributed by atoms with Crippen molar-refractivity contribution in [3.05, 3.63) is 23.5 Å². The van der Waals surface area contributed by atoms with Crippen molar-refractivity contribution in [2.75, 3.05) is 18.8 Å². The van der Waals surface area contributed by atoms with Crippen molar-refractivity contribution in [3.63, 3.8) is 0 Å². The number of rotatable bonds is 2. The molecule has 0 saturated carbocycles. The molecule has 0 aliphatic carbocycles. The van der Waals surface area contributed by atoms with Gasteiger partial charge in [-0.05, 0) is 25.5 Å². The number of halogens is 1. The first-order valence-corrected chi connectivity index (χ1v) is 7.00. The fourth-order valence-corrected chi connectivity index (χ4v) is 3.44. The summed E-state index contributed by atoms with van der Waals surface area (Å²) in [4.78, 5) is -0.169. The van der Waals surface area contributed by atoms with Gasteiger partial charge in [-0.3, -0.25) is 0 Å². The van der Waals surface area contributed by atoms with E-state index >= 15 is 0 Å². The third kappa shape index (κ3) is 2.21. The number of sulfonamides is 1. The number of β-amino-alcohol motifs (C(OH)–C–C–N with tert-alkyl or cyclic N) is 1. The highest BCUT2D eigenvalue weighted by Crippen LogP contribution is 2.25. The second-order valence-electron chi connectivity index (χ2n) is 4.42. The fraction of sp³-hybridized carbons (Fsp3) is 0.455. The van der Waals surface area contributed by atoms with Crippen molar-refractivity contribution in [1.82, 2.24) is 4.31 Å². The zero-order chi connectivity index (χ0) is 13.5. The van der Waals surface area contributed by atoms with Gasteiger partial charge in [0.05, 0.1) is 11.0 Å². The largest absolute Gasteiger partial charge is 0.398 e. The maximum absolute atomic E-state index is 13.5. The number of aliphatic hydroxyl groups excluding tert-OH is 1. The van der Waals surface area contributed by atoms with Gasteiger partial charge in [0, 0.05) is 24.3 Å². The van der Waals surface area contributed by atoms with Crippen LogP contribution in [0.25, 0.3) is 0 Å². The van der Waals surface area contributed by atoms with Crippen molar-refractivity contribution in [1.29, 1.82) is 0 Å². The zero-order valence-corrected chi connectivity index (χ0v) is 10.7. The number of hydrogen-bond acceptors (Lipinski definition) is 4. The SMILES string of the molecule is Cc1c(N)cc(S(=O)(=O)N2CC[C@@H](O)C2)cc1F. The average molecular weight is 274 g/mol. The Bertz CT molecular complexity index is 551. The smallest absolute Gasteiger partial charge is 0.243 e. The van der Waals surface area contributed by atoms with Gasteiger partial charge < -0.3 is 10.8 Å². The Labute approximate surface area is 105 Å². The molecular formula is C11H15FN2O3S. The predicted molar refractivity (Wildman–Crippen MR) is 64.9 cm³/mol. The molecule has 7 heteroatoms. The van der Waals surface area contributed by atoms with Gasteiger partial charge in [0.15, 0.2) is 0 Å². The predicted octanol–water partition coefficient (Wildman–Crippen LogP) is 0.472. The molecule has 0 spiro atoms. The number of anilines is 1. The fourth-order valence-electron chi connectivity index (χ4n) is 1.90. The topological polar surface area (TPSA) is 83.6 Å². The van der Waals surface area contributed by atoms with Gasteiger partial charge >= 0.3 is 0 Å². The van der Waals surface area contributed by atoms with Crippen LogP contribution in [-0.4, -0.2) is 37.0 Å². The van der Waals surface area contributed by atoms with Crippen LogP contribution in [0.15, 0.2) is 17.0 Å². The summed E-state index contributed by atoms with van der Waals surface area (Å²) in [6.07, 6.45) is -0.268. The first-order valence-electron chi connectivity index (χ1n) is 5.56. The van der Waals surface area contributed by atoms with Gasteiger partial charge in [-0.25, -0.2) is 12.8 Å². The lowest BCUT2D eigenvalue weighted by Crippen LogP contribution is -2.29. The van der Waals surface area contributed by atoms with Crippen LogP contribution < -0.4 is 5.73 Å². The Balaban J connectivity index is 2.42. The first kappa shape index (κ1) is 13.3. The lowest BCUT2D eigenvalue weighted by molar-refractivity contribution is 0.189. The molecule has 0 aromatic heterocycles. The van der Waals surface area contributed by atoms with Crippen LogP contribution in [0.3, 0.4) is 0 Å². The molecule has 2 rings (SSSR count). The van der Waals surface area contributed by atoms with Crippen LogP contribution in [-0.2, 0) is 10.0 Å². The number of nitrogens with two attached hydrogens (primary N) is 1. The second-order valence-corrected chi connectivity index (χ2v) is 6.36. The number of nitrogens with zero attached hydrogens (tertiary/aromatic N) is 1. The molecule has 0 amide bonds. The third-order valence-electron chi connectivity index (χ3n) is 3.12. The van der Waals surface area contributed by atoms with Crippen LogP contribution in [0, 0.1) is 12.7 Å². The lowest BCUT2D eigenvalue weighted by atomic mass is 10.2. The zero-order valence-electron chi connectivity index (χ0n) is 9.93. The molecule has 100 valence electrons. The molecule has 18 heavy (non-hydrogen) atoms. The Kier molecular flexibility index (Phi) is 3.31. The summed E-state index contributed by atoms with van der Waals surface area (Å²) < 4.78 is 39.0. The maximum Gasteiger partial charge on any atom is 0.243 e. The number of benzene rings is 1. The summed E-state index contributed by atoms with van der Waals surface area (Å²) in [5.41, 5.74) is 5.91. The van der Waals surface area contributed by atoms with E-state index in [1.54, 1.807) is 0 Å². The van der Waals surface area contributed by atoms with Crippen LogP contribution in [0.5, 0.6) is 0 Å². The standard InChI is InChI=1S/C11H15FN2O3S/c1-7-10(12)4-9(5-11(7)13)18(16,17)14-3-2-8(15)6-14/h4-5,8,15H,2-3,6,13H2,1H3/t8-/m1/s1. The molecule has 1 fully saturated rings. The third-order valence-corrected chi connectivity index (χ3v) is 4.96. The molecule has 1 aliphatic rings. The Morgan fingerprint density at radius 3 is 2.67 bits per heavy atom. The van der Waals surface area contributed by atoms with E-state index in [1.807, 2.05) is 0 Å². The minimum atomic E-state index is -3.78. The normalized spacial score (nSPS) is 21.4. The van der Waals surface area contributed by atoms with Gasteiger partial charge in [-0.15, -0.1) is 0 Å². The molecule has 1 atom stereocenters. The highest BCUT2D eigenvalue weighted by Gasteiger charge is 2.32. The van der Waals surface area contributed by atoms with Crippen LogP contribution in [0.4, 0.5) is 10.1 Å². The van der Waals surface area contributed by atoms with E-state index < -0.39 is 21.9 Å². The van der Waals surface area contributed by atoms with Gasteiger partial charge in [-0.1, -0.05) is 0 Å². The molecule has 1 heterocycles. The summed E-state index contributed by atoms with van der Waals surface area (Å²) in [6, 6.07) is 2.21. The van der Waals surface area contributed by atoms with E-state index in [-0.39, 0.29) is 29.2 Å². The van der Waals surface area contributed by atoms with Gasteiger partial charge in [0.25, 0.3) is 0 Å². The Hall–Kier alpha value is -1.18. The number of nitrogen functional groups attached to an aromatic ring is 1. The van der Waals surface area contributed by atoms with E-state index in [4.69, 9.17) is 5.73 Å². The van der Waals surface area contributed by atoms with Gasteiger partial charge in [0.1, 0.15) is 5.82 Å². The van der Waals surface area contributed by atoms with Crippen molar-refractivity contribution >= 4 is 15.7 Å². The monoisotopic (exact) mass is 274 g/mol. The summed E-state index contributed by atoms with van der Waals surface area (Å²) in [6.45, 7) is 1.76. The van der Waals surface area contributed by atoms with Crippen molar-refractivity contribution in [2.24, 2.45) is 0 Å². The Morgan fingerprint density at radius 2 is 2.17 bits per heavy atom. The summed E-state index contributed by atoms with van der Waals surface area (Å²) in [5.74, 6) is -0.645. The highest BCUT2D eigenvalue weighted by molar-refractivity contribution is 7.89. The second kappa shape index (κ2) is 4.49. The molecule has 1 saturated heterocycles. The maximum atomic E-state index is 13.5. The van der Waals surface area contributed by atoms with E-state index in [2.05, 4.69) is 0 Å². The Morgan fingerprint density at radius 1 is 1.50 bits per heavy atom. The minimum Gasteiger partial charge on any atom is -0.398 e. The van der Waals surface area contributed by atoms with Crippen LogP contribution in [0.1, 0.15) is 12.0 Å². The van der Waals surface area contributed by atoms with E-state index in [9.17, 15) is 17.9 Å². The van der Waals surface area contributed by atoms with E-state index in [1.165, 1.54) is 13.0 Å². The molecular weight excluding hydrogens is 259 g/mol. The number of aliphatic hydroxyl groups is 1. The summed E-state index contributed by atoms with van der Waals surface area (Å²) in [7, 11) is -3.78. The first-order chi connectivity index (χ1) is 8.32. The van der Waals surface area contributed by atoms with Crippen molar-refractivity contribution in [3.8, 4) is 0 Å². The highest BCUT2D eigenvalue weighted by atomic mass is 32.2. The van der Waals surface area contributed by atoms with Crippen molar-refractivity contribution < 1.29 is 17.9 Å². The van der Waals surface area contributed by atoms with E-state index in [0.717, 1.165) is 10.4 Å². The average Bonchev–Trinajstić information content (AvgIpc) is 2.72. The molecule has 0 unspecified atom stereocenters. The van der Waals surface area contributed by atoms with Crippen molar-refractivity contribution in [2.45, 2.75) is 24.3 Å². The van der Waals surface area contributed by atoms with Gasteiger partial charge in [-0.2, -0.15) is 4.31 Å². The summed E-state index contributed by atoms with van der Waals surface area (Å²) >= 11 is 0. The van der Waals surface area contributed by atoms with E-state index in [0.29, 0.717) is 6.42 Å². The quantitative estimate of drug-likeness (QED) is 0.768. The lowest BCUT2D eigenvalue weighted by Gasteiger charge is -2.16. The number of hydrogen-bond donors (Lipinski definition) is 2.